The molecule has 1 saturated heterocycles. The predicted molar refractivity (Wildman–Crippen MR) is 85.5 cm³/mol. The van der Waals surface area contributed by atoms with E-state index in [1.807, 2.05) is 13.8 Å². The van der Waals surface area contributed by atoms with E-state index in [1.54, 1.807) is 0 Å². The standard InChI is InChI=1S/C19H32O3/c1-16(2,20)7-4-15-12-18(15)9-8-17(13-18)5-3-6-19(14-17)21-10-11-22-19/h15,20H,3-14H2,1-2H3/t15?,17-,18?/m1/s1. The van der Waals surface area contributed by atoms with Crippen molar-refractivity contribution in [2.24, 2.45) is 16.7 Å². The highest BCUT2D eigenvalue weighted by Gasteiger charge is 2.63. The van der Waals surface area contributed by atoms with Gasteiger partial charge in [0.15, 0.2) is 5.79 Å². The van der Waals surface area contributed by atoms with Crippen LogP contribution in [-0.4, -0.2) is 29.7 Å². The Morgan fingerprint density at radius 1 is 1.05 bits per heavy atom. The molecule has 1 N–H and O–H groups in total. The van der Waals surface area contributed by atoms with Crippen LogP contribution in [0, 0.1) is 16.7 Å². The van der Waals surface area contributed by atoms with Crippen LogP contribution in [0.3, 0.4) is 0 Å². The molecule has 0 amide bonds. The van der Waals surface area contributed by atoms with Gasteiger partial charge in [-0.05, 0) is 82.0 Å². The molecule has 0 bridgehead atoms. The van der Waals surface area contributed by atoms with Gasteiger partial charge in [-0.2, -0.15) is 0 Å². The third-order valence-electron chi connectivity index (χ3n) is 7.07. The smallest absolute Gasteiger partial charge is 0.169 e. The highest BCUT2D eigenvalue weighted by Crippen LogP contribution is 2.72. The third-order valence-corrected chi connectivity index (χ3v) is 7.07. The van der Waals surface area contributed by atoms with Gasteiger partial charge in [-0.1, -0.05) is 0 Å². The van der Waals surface area contributed by atoms with E-state index < -0.39 is 5.60 Å². The molecule has 4 fully saturated rings. The van der Waals surface area contributed by atoms with E-state index in [2.05, 4.69) is 0 Å². The molecule has 3 aliphatic carbocycles. The zero-order valence-corrected chi connectivity index (χ0v) is 14.3. The monoisotopic (exact) mass is 308 g/mol. The summed E-state index contributed by atoms with van der Waals surface area (Å²) < 4.78 is 12.0. The second-order valence-corrected chi connectivity index (χ2v) is 9.43. The van der Waals surface area contributed by atoms with Crippen molar-refractivity contribution < 1.29 is 14.6 Å². The Morgan fingerprint density at radius 2 is 1.82 bits per heavy atom. The molecule has 1 heterocycles. The minimum Gasteiger partial charge on any atom is -0.390 e. The Hall–Kier alpha value is -0.120. The van der Waals surface area contributed by atoms with E-state index in [0.29, 0.717) is 10.8 Å². The third kappa shape index (κ3) is 2.74. The van der Waals surface area contributed by atoms with Gasteiger partial charge in [0.05, 0.1) is 18.8 Å². The molecule has 0 aromatic rings. The van der Waals surface area contributed by atoms with Gasteiger partial charge in [-0.3, -0.25) is 0 Å². The van der Waals surface area contributed by atoms with Crippen molar-refractivity contribution in [1.82, 2.24) is 0 Å². The van der Waals surface area contributed by atoms with E-state index in [1.165, 1.54) is 44.9 Å². The zero-order valence-electron chi connectivity index (χ0n) is 14.3. The molecule has 3 heteroatoms. The molecular weight excluding hydrogens is 276 g/mol. The van der Waals surface area contributed by atoms with Crippen LogP contribution in [0.1, 0.15) is 78.1 Å². The van der Waals surface area contributed by atoms with Crippen LogP contribution in [0.4, 0.5) is 0 Å². The molecule has 3 saturated carbocycles. The van der Waals surface area contributed by atoms with Crippen molar-refractivity contribution in [1.29, 1.82) is 0 Å². The zero-order chi connectivity index (χ0) is 15.5. The van der Waals surface area contributed by atoms with Gasteiger partial charge in [0, 0.05) is 12.8 Å². The van der Waals surface area contributed by atoms with Gasteiger partial charge >= 0.3 is 0 Å². The first kappa shape index (κ1) is 15.4. The summed E-state index contributed by atoms with van der Waals surface area (Å²) >= 11 is 0. The van der Waals surface area contributed by atoms with E-state index in [-0.39, 0.29) is 5.79 Å². The minimum absolute atomic E-state index is 0.221. The fourth-order valence-corrected chi connectivity index (χ4v) is 5.92. The lowest BCUT2D eigenvalue weighted by molar-refractivity contribution is -0.202. The summed E-state index contributed by atoms with van der Waals surface area (Å²) in [6.07, 6.45) is 12.6. The lowest BCUT2D eigenvalue weighted by atomic mass is 9.69. The van der Waals surface area contributed by atoms with E-state index in [4.69, 9.17) is 9.47 Å². The molecule has 4 rings (SSSR count). The predicted octanol–water partition coefficient (Wildman–Crippen LogP) is 4.03. The van der Waals surface area contributed by atoms with Crippen LogP contribution in [0.5, 0.6) is 0 Å². The molecule has 0 aromatic carbocycles. The van der Waals surface area contributed by atoms with E-state index in [9.17, 15) is 5.11 Å². The van der Waals surface area contributed by atoms with Crippen LogP contribution in [-0.2, 0) is 9.47 Å². The van der Waals surface area contributed by atoms with Gasteiger partial charge in [0.1, 0.15) is 0 Å². The van der Waals surface area contributed by atoms with Gasteiger partial charge in [0.2, 0.25) is 0 Å². The topological polar surface area (TPSA) is 38.7 Å². The van der Waals surface area contributed by atoms with Crippen LogP contribution < -0.4 is 0 Å². The van der Waals surface area contributed by atoms with E-state index in [0.717, 1.165) is 38.4 Å². The molecule has 3 spiro atoms. The maximum Gasteiger partial charge on any atom is 0.169 e. The highest BCUT2D eigenvalue weighted by atomic mass is 16.7. The average Bonchev–Trinajstić information content (AvgIpc) is 2.74. The molecule has 1 aliphatic heterocycles. The normalized spacial score (nSPS) is 43.5. The SMILES string of the molecule is CC(C)(O)CCC1CC12CC[C@]1(CCCC3(C1)OCCO3)C2. The van der Waals surface area contributed by atoms with Crippen molar-refractivity contribution in [2.75, 3.05) is 13.2 Å². The lowest BCUT2D eigenvalue weighted by Crippen LogP contribution is -2.41. The summed E-state index contributed by atoms with van der Waals surface area (Å²) in [6.45, 7) is 5.46. The van der Waals surface area contributed by atoms with Crippen molar-refractivity contribution >= 4 is 0 Å². The fourth-order valence-electron chi connectivity index (χ4n) is 5.92. The maximum atomic E-state index is 9.97. The number of rotatable bonds is 3. The van der Waals surface area contributed by atoms with Crippen molar-refractivity contribution in [3.05, 3.63) is 0 Å². The number of hydrogen-bond acceptors (Lipinski definition) is 3. The molecule has 22 heavy (non-hydrogen) atoms. The second-order valence-electron chi connectivity index (χ2n) is 9.43. The summed E-state index contributed by atoms with van der Waals surface area (Å²) in [4.78, 5) is 0. The summed E-state index contributed by atoms with van der Waals surface area (Å²) in [5.74, 6) is 0.642. The van der Waals surface area contributed by atoms with Crippen molar-refractivity contribution in [2.45, 2.75) is 89.4 Å². The highest BCUT2D eigenvalue weighted by molar-refractivity contribution is 5.12. The first-order chi connectivity index (χ1) is 10.3. The lowest BCUT2D eigenvalue weighted by Gasteiger charge is -2.43. The second kappa shape index (κ2) is 4.94. The molecule has 2 unspecified atom stereocenters. The molecule has 0 radical (unpaired) electrons. The quantitative estimate of drug-likeness (QED) is 0.855. The van der Waals surface area contributed by atoms with Gasteiger partial charge in [-0.25, -0.2) is 0 Å². The minimum atomic E-state index is -0.500. The molecular formula is C19H32O3. The summed E-state index contributed by atoms with van der Waals surface area (Å²) in [5.41, 5.74) is 0.606. The number of aliphatic hydroxyl groups is 1. The van der Waals surface area contributed by atoms with Crippen LogP contribution in [0.15, 0.2) is 0 Å². The summed E-state index contributed by atoms with van der Waals surface area (Å²) in [7, 11) is 0. The summed E-state index contributed by atoms with van der Waals surface area (Å²) in [5, 5.41) is 9.97. The van der Waals surface area contributed by atoms with E-state index >= 15 is 0 Å². The Bertz CT molecular complexity index is 434. The first-order valence-corrected chi connectivity index (χ1v) is 9.35. The van der Waals surface area contributed by atoms with Gasteiger partial charge < -0.3 is 14.6 Å². The van der Waals surface area contributed by atoms with Crippen molar-refractivity contribution in [3.63, 3.8) is 0 Å². The Morgan fingerprint density at radius 3 is 2.55 bits per heavy atom. The number of hydrogen-bond donors (Lipinski definition) is 1. The molecule has 0 aromatic heterocycles. The van der Waals surface area contributed by atoms with Crippen LogP contribution >= 0.6 is 0 Å². The Balaban J connectivity index is 1.38. The average molecular weight is 308 g/mol. The van der Waals surface area contributed by atoms with Crippen LogP contribution in [0.25, 0.3) is 0 Å². The Kier molecular flexibility index (Phi) is 3.46. The molecule has 4 aliphatic rings. The molecule has 3 atom stereocenters. The first-order valence-electron chi connectivity index (χ1n) is 9.35. The van der Waals surface area contributed by atoms with Gasteiger partial charge in [0.25, 0.3) is 0 Å². The van der Waals surface area contributed by atoms with Crippen LogP contribution in [0.2, 0.25) is 0 Å². The summed E-state index contributed by atoms with van der Waals surface area (Å²) in [6, 6.07) is 0. The number of ether oxygens (including phenoxy) is 2. The Labute approximate surface area is 134 Å². The molecule has 126 valence electrons. The van der Waals surface area contributed by atoms with Gasteiger partial charge in [-0.15, -0.1) is 0 Å². The maximum absolute atomic E-state index is 9.97. The van der Waals surface area contributed by atoms with Crippen molar-refractivity contribution in [3.8, 4) is 0 Å². The fraction of sp³-hybridized carbons (Fsp3) is 1.00. The molecule has 3 nitrogen and oxygen atoms in total. The largest absolute Gasteiger partial charge is 0.390 e.